The van der Waals surface area contributed by atoms with E-state index in [0.717, 1.165) is 10.6 Å². The van der Waals surface area contributed by atoms with E-state index in [2.05, 4.69) is 10.1 Å². The quantitative estimate of drug-likeness (QED) is 0.399. The van der Waals surface area contributed by atoms with Gasteiger partial charge in [-0.05, 0) is 12.1 Å². The first kappa shape index (κ1) is 17.5. The topological polar surface area (TPSA) is 95.8 Å². The Hall–Kier alpha value is -3.95. The first-order chi connectivity index (χ1) is 13.5. The molecule has 28 heavy (non-hydrogen) atoms. The third kappa shape index (κ3) is 2.80. The van der Waals surface area contributed by atoms with Crippen LogP contribution < -0.4 is 5.56 Å². The number of nitro benzene ring substituents is 1. The standard InChI is InChI=1S/C18H11F2N5O3/c19-13-5-3-4-11(16(13)20)9-23-10-21-17-12(18(23)26)8-22-24(17)14-6-1-2-7-15(14)25(27)28/h1-8,10H,9H2. The summed E-state index contributed by atoms with van der Waals surface area (Å²) in [6.45, 7) is -0.220. The molecule has 0 unspecified atom stereocenters. The van der Waals surface area contributed by atoms with Crippen LogP contribution in [0, 0.1) is 21.7 Å². The lowest BCUT2D eigenvalue weighted by Crippen LogP contribution is -2.21. The minimum absolute atomic E-state index is 0.00524. The van der Waals surface area contributed by atoms with Crippen molar-refractivity contribution in [2.45, 2.75) is 6.54 Å². The van der Waals surface area contributed by atoms with Gasteiger partial charge in [-0.2, -0.15) is 5.10 Å². The number of aromatic nitrogens is 4. The van der Waals surface area contributed by atoms with E-state index in [4.69, 9.17) is 0 Å². The van der Waals surface area contributed by atoms with Crippen molar-refractivity contribution in [3.05, 3.63) is 92.7 Å². The van der Waals surface area contributed by atoms with Crippen LogP contribution in [0.5, 0.6) is 0 Å². The average molecular weight is 383 g/mol. The van der Waals surface area contributed by atoms with Gasteiger partial charge in [-0.25, -0.2) is 18.4 Å². The summed E-state index contributed by atoms with van der Waals surface area (Å²) in [5.41, 5.74) is -0.452. The number of hydrogen-bond donors (Lipinski definition) is 0. The van der Waals surface area contributed by atoms with Crippen molar-refractivity contribution in [3.8, 4) is 5.69 Å². The highest BCUT2D eigenvalue weighted by Crippen LogP contribution is 2.24. The Labute approximate surface area is 155 Å². The summed E-state index contributed by atoms with van der Waals surface area (Å²) < 4.78 is 29.6. The molecule has 0 N–H and O–H groups in total. The van der Waals surface area contributed by atoms with E-state index in [1.165, 1.54) is 47.5 Å². The van der Waals surface area contributed by atoms with Crippen molar-refractivity contribution in [1.29, 1.82) is 0 Å². The summed E-state index contributed by atoms with van der Waals surface area (Å²) >= 11 is 0. The molecule has 4 rings (SSSR count). The SMILES string of the molecule is O=c1c2cnn(-c3ccccc3[N+](=O)[O-])c2ncn1Cc1cccc(F)c1F. The number of nitro groups is 1. The molecule has 0 amide bonds. The lowest BCUT2D eigenvalue weighted by Gasteiger charge is -2.08. The number of hydrogen-bond acceptors (Lipinski definition) is 5. The maximum atomic E-state index is 13.9. The third-order valence-electron chi connectivity index (χ3n) is 4.23. The van der Waals surface area contributed by atoms with Gasteiger partial charge >= 0.3 is 0 Å². The number of fused-ring (bicyclic) bond motifs is 1. The van der Waals surface area contributed by atoms with Crippen molar-refractivity contribution in [2.75, 3.05) is 0 Å². The minimum atomic E-state index is -1.04. The molecule has 0 aliphatic rings. The lowest BCUT2D eigenvalue weighted by atomic mass is 10.2. The maximum Gasteiger partial charge on any atom is 0.294 e. The summed E-state index contributed by atoms with van der Waals surface area (Å²) in [7, 11) is 0. The zero-order chi connectivity index (χ0) is 19.8. The molecule has 2 aromatic heterocycles. The summed E-state index contributed by atoms with van der Waals surface area (Å²) in [6, 6.07) is 9.62. The Bertz CT molecular complexity index is 1280. The van der Waals surface area contributed by atoms with Crippen LogP contribution in [-0.4, -0.2) is 24.3 Å². The van der Waals surface area contributed by atoms with Crippen LogP contribution in [0.4, 0.5) is 14.5 Å². The van der Waals surface area contributed by atoms with Gasteiger partial charge in [0.2, 0.25) is 0 Å². The molecule has 10 heteroatoms. The largest absolute Gasteiger partial charge is 0.294 e. The molecule has 2 aromatic carbocycles. The van der Waals surface area contributed by atoms with Crippen LogP contribution in [0.15, 0.2) is 59.8 Å². The van der Waals surface area contributed by atoms with Crippen molar-refractivity contribution in [2.24, 2.45) is 0 Å². The fourth-order valence-electron chi connectivity index (χ4n) is 2.89. The van der Waals surface area contributed by atoms with Gasteiger partial charge < -0.3 is 0 Å². The fourth-order valence-corrected chi connectivity index (χ4v) is 2.89. The molecular formula is C18H11F2N5O3. The van der Waals surface area contributed by atoms with E-state index in [-0.39, 0.29) is 34.5 Å². The zero-order valence-electron chi connectivity index (χ0n) is 14.1. The Morgan fingerprint density at radius 1 is 1.11 bits per heavy atom. The Morgan fingerprint density at radius 3 is 2.68 bits per heavy atom. The van der Waals surface area contributed by atoms with Crippen LogP contribution >= 0.6 is 0 Å². The van der Waals surface area contributed by atoms with Crippen LogP contribution in [0.2, 0.25) is 0 Å². The van der Waals surface area contributed by atoms with Gasteiger partial charge in [0, 0.05) is 11.6 Å². The molecule has 8 nitrogen and oxygen atoms in total. The van der Waals surface area contributed by atoms with Gasteiger partial charge in [-0.1, -0.05) is 24.3 Å². The van der Waals surface area contributed by atoms with Gasteiger partial charge in [-0.15, -0.1) is 0 Å². The number of halogens is 2. The van der Waals surface area contributed by atoms with E-state index >= 15 is 0 Å². The number of benzene rings is 2. The van der Waals surface area contributed by atoms with E-state index in [0.29, 0.717) is 0 Å². The van der Waals surface area contributed by atoms with Crippen molar-refractivity contribution >= 4 is 16.7 Å². The van der Waals surface area contributed by atoms with E-state index in [9.17, 15) is 23.7 Å². The highest BCUT2D eigenvalue weighted by atomic mass is 19.2. The third-order valence-corrected chi connectivity index (χ3v) is 4.23. The monoisotopic (exact) mass is 383 g/mol. The highest BCUT2D eigenvalue weighted by Gasteiger charge is 2.19. The summed E-state index contributed by atoms with van der Waals surface area (Å²) in [5, 5.41) is 15.4. The summed E-state index contributed by atoms with van der Waals surface area (Å²) in [5.74, 6) is -2.05. The smallest absolute Gasteiger partial charge is 0.294 e. The van der Waals surface area contributed by atoms with E-state index in [1.807, 2.05) is 0 Å². The molecule has 140 valence electrons. The second-order valence-electron chi connectivity index (χ2n) is 5.93. The second-order valence-corrected chi connectivity index (χ2v) is 5.93. The Kier molecular flexibility index (Phi) is 4.15. The minimum Gasteiger partial charge on any atom is -0.294 e. The molecular weight excluding hydrogens is 372 g/mol. The molecule has 2 heterocycles. The summed E-state index contributed by atoms with van der Waals surface area (Å²) in [6.07, 6.45) is 2.40. The Morgan fingerprint density at radius 2 is 1.89 bits per heavy atom. The van der Waals surface area contributed by atoms with Crippen LogP contribution in [0.1, 0.15) is 5.56 Å². The predicted octanol–water partition coefficient (Wildman–Crippen LogP) is 2.82. The first-order valence-corrected chi connectivity index (χ1v) is 8.07. The van der Waals surface area contributed by atoms with Crippen LogP contribution in [0.3, 0.4) is 0 Å². The molecule has 0 aliphatic carbocycles. The van der Waals surface area contributed by atoms with Crippen LogP contribution in [-0.2, 0) is 6.54 Å². The van der Waals surface area contributed by atoms with E-state index < -0.39 is 22.1 Å². The van der Waals surface area contributed by atoms with Crippen molar-refractivity contribution in [3.63, 3.8) is 0 Å². The summed E-state index contributed by atoms with van der Waals surface area (Å²) in [4.78, 5) is 27.6. The van der Waals surface area contributed by atoms with Crippen LogP contribution in [0.25, 0.3) is 16.7 Å². The molecule has 0 saturated carbocycles. The van der Waals surface area contributed by atoms with Gasteiger partial charge in [0.15, 0.2) is 17.3 Å². The van der Waals surface area contributed by atoms with E-state index in [1.54, 1.807) is 6.07 Å². The van der Waals surface area contributed by atoms with Crippen molar-refractivity contribution < 1.29 is 13.7 Å². The zero-order valence-corrected chi connectivity index (χ0v) is 14.1. The number of rotatable bonds is 4. The second kappa shape index (κ2) is 6.65. The molecule has 4 aromatic rings. The molecule has 0 radical (unpaired) electrons. The Balaban J connectivity index is 1.82. The first-order valence-electron chi connectivity index (χ1n) is 8.07. The van der Waals surface area contributed by atoms with Gasteiger partial charge in [0.25, 0.3) is 11.2 Å². The number of nitrogens with zero attached hydrogens (tertiary/aromatic N) is 5. The lowest BCUT2D eigenvalue weighted by molar-refractivity contribution is -0.384. The highest BCUT2D eigenvalue weighted by molar-refractivity contribution is 5.76. The maximum absolute atomic E-state index is 13.9. The van der Waals surface area contributed by atoms with Gasteiger partial charge in [0.1, 0.15) is 17.4 Å². The average Bonchev–Trinajstić information content (AvgIpc) is 3.12. The number of para-hydroxylation sites is 2. The van der Waals surface area contributed by atoms with Gasteiger partial charge in [-0.3, -0.25) is 19.5 Å². The molecule has 0 saturated heterocycles. The molecule has 0 spiro atoms. The fraction of sp³-hybridized carbons (Fsp3) is 0.0556. The van der Waals surface area contributed by atoms with Crippen molar-refractivity contribution in [1.82, 2.24) is 19.3 Å². The molecule has 0 atom stereocenters. The normalized spacial score (nSPS) is 11.1. The molecule has 0 bridgehead atoms. The molecule has 0 aliphatic heterocycles. The van der Waals surface area contributed by atoms with Gasteiger partial charge in [0.05, 0.1) is 17.7 Å². The predicted molar refractivity (Wildman–Crippen MR) is 95.2 cm³/mol. The molecule has 0 fully saturated rings.